The maximum absolute atomic E-state index is 13.3. The van der Waals surface area contributed by atoms with Gasteiger partial charge in [-0.25, -0.2) is 8.42 Å². The highest BCUT2D eigenvalue weighted by Crippen LogP contribution is 2.33. The van der Waals surface area contributed by atoms with Crippen LogP contribution in [0.15, 0.2) is 79.2 Å². The van der Waals surface area contributed by atoms with Crippen LogP contribution in [0.3, 0.4) is 0 Å². The lowest BCUT2D eigenvalue weighted by Gasteiger charge is -2.21. The van der Waals surface area contributed by atoms with Crippen LogP contribution in [0.25, 0.3) is 0 Å². The van der Waals surface area contributed by atoms with Crippen LogP contribution in [0, 0.1) is 18.3 Å². The summed E-state index contributed by atoms with van der Waals surface area (Å²) in [6.07, 6.45) is 8.04. The van der Waals surface area contributed by atoms with Gasteiger partial charge >= 0.3 is 0 Å². The fraction of sp³-hybridized carbons (Fsp3) is 0.333. The minimum absolute atomic E-state index is 0.0408. The number of terminal acetylenes is 1. The summed E-state index contributed by atoms with van der Waals surface area (Å²) in [5, 5.41) is 0. The van der Waals surface area contributed by atoms with Crippen molar-refractivity contribution in [3.05, 3.63) is 74.3 Å². The Bertz CT molecular complexity index is 1000. The highest BCUT2D eigenvalue weighted by Gasteiger charge is 2.26. The molecule has 2 N–H and O–H groups in total. The molecular weight excluding hydrogens is 446 g/mol. The third-order valence-corrected chi connectivity index (χ3v) is 7.23. The van der Waals surface area contributed by atoms with Crippen LogP contribution in [0.5, 0.6) is 0 Å². The number of halogens is 1. The molecule has 0 saturated carbocycles. The van der Waals surface area contributed by atoms with Crippen molar-refractivity contribution in [3.8, 4) is 12.3 Å². The Morgan fingerprint density at radius 2 is 1.79 bits per heavy atom. The number of hydrogen-bond acceptors (Lipinski definition) is 3. The molecule has 0 aliphatic heterocycles. The Balaban J connectivity index is 3.67. The molecular formula is C24H30BrNO2S. The van der Waals surface area contributed by atoms with Crippen molar-refractivity contribution in [2.24, 2.45) is 11.7 Å². The Hall–Kier alpha value is -2.03. The first-order chi connectivity index (χ1) is 13.5. The zero-order valence-electron chi connectivity index (χ0n) is 17.8. The van der Waals surface area contributed by atoms with Crippen molar-refractivity contribution in [2.45, 2.75) is 52.4 Å². The van der Waals surface area contributed by atoms with Gasteiger partial charge in [-0.05, 0) is 74.9 Å². The molecule has 3 nitrogen and oxygen atoms in total. The Morgan fingerprint density at radius 3 is 2.21 bits per heavy atom. The third kappa shape index (κ3) is 6.22. The van der Waals surface area contributed by atoms with E-state index in [1.165, 1.54) is 18.2 Å². The van der Waals surface area contributed by atoms with Crippen molar-refractivity contribution in [3.63, 3.8) is 0 Å². The Morgan fingerprint density at radius 1 is 1.24 bits per heavy atom. The first kappa shape index (κ1) is 25.0. The van der Waals surface area contributed by atoms with E-state index in [4.69, 9.17) is 12.2 Å². The lowest BCUT2D eigenvalue weighted by molar-refractivity contribution is 0.602. The zero-order valence-corrected chi connectivity index (χ0v) is 20.2. The predicted octanol–water partition coefficient (Wildman–Crippen LogP) is 6.30. The van der Waals surface area contributed by atoms with Crippen LogP contribution < -0.4 is 5.73 Å². The summed E-state index contributed by atoms with van der Waals surface area (Å²) in [6, 6.07) is 6.43. The van der Waals surface area contributed by atoms with E-state index in [1.54, 1.807) is 12.1 Å². The van der Waals surface area contributed by atoms with Gasteiger partial charge in [-0.2, -0.15) is 0 Å². The van der Waals surface area contributed by atoms with Crippen molar-refractivity contribution >= 4 is 25.8 Å². The molecule has 1 atom stereocenters. The third-order valence-electron chi connectivity index (χ3n) is 4.89. The fourth-order valence-corrected chi connectivity index (χ4v) is 4.59. The largest absolute Gasteiger partial charge is 0.397 e. The smallest absolute Gasteiger partial charge is 0.209 e. The maximum Gasteiger partial charge on any atom is 0.209 e. The van der Waals surface area contributed by atoms with Crippen LogP contribution in [-0.4, -0.2) is 8.42 Å². The van der Waals surface area contributed by atoms with Gasteiger partial charge in [0.25, 0.3) is 0 Å². The average molecular weight is 476 g/mol. The van der Waals surface area contributed by atoms with Gasteiger partial charge in [-0.1, -0.05) is 53.4 Å². The molecule has 0 heterocycles. The molecule has 1 unspecified atom stereocenters. The SMILES string of the molecule is C#C/C=C(\C(N)=C(/CC)C(CC(C)C(=C)C)=C(C)C)S(=O)(=O)c1ccc(Br)cc1. The van der Waals surface area contributed by atoms with Crippen LogP contribution in [0.1, 0.15) is 47.5 Å². The van der Waals surface area contributed by atoms with Crippen molar-refractivity contribution in [1.29, 1.82) is 0 Å². The predicted molar refractivity (Wildman–Crippen MR) is 127 cm³/mol. The number of rotatable bonds is 8. The Kier molecular flexibility index (Phi) is 9.19. The summed E-state index contributed by atoms with van der Waals surface area (Å²) in [5.41, 5.74) is 10.7. The molecule has 1 aromatic carbocycles. The molecule has 0 aromatic heterocycles. The Labute approximate surface area is 184 Å². The molecule has 0 amide bonds. The lowest BCUT2D eigenvalue weighted by Crippen LogP contribution is -2.16. The summed E-state index contributed by atoms with van der Waals surface area (Å²) in [6.45, 7) is 14.1. The molecule has 0 fully saturated rings. The molecule has 0 saturated heterocycles. The molecule has 1 aromatic rings. The zero-order chi connectivity index (χ0) is 22.4. The monoisotopic (exact) mass is 475 g/mol. The molecule has 156 valence electrons. The quantitative estimate of drug-likeness (QED) is 0.272. The number of allylic oxidation sites excluding steroid dienone is 5. The molecule has 0 aliphatic rings. The number of sulfone groups is 1. The van der Waals surface area contributed by atoms with Crippen molar-refractivity contribution < 1.29 is 8.42 Å². The second-order valence-corrected chi connectivity index (χ2v) is 10.1. The van der Waals surface area contributed by atoms with Crippen molar-refractivity contribution in [2.75, 3.05) is 0 Å². The van der Waals surface area contributed by atoms with Gasteiger partial charge < -0.3 is 5.73 Å². The van der Waals surface area contributed by atoms with E-state index in [1.807, 2.05) is 27.7 Å². The van der Waals surface area contributed by atoms with E-state index in [0.29, 0.717) is 6.42 Å². The molecule has 0 bridgehead atoms. The average Bonchev–Trinajstić information content (AvgIpc) is 2.65. The minimum atomic E-state index is -3.86. The number of nitrogens with two attached hydrogens (primary N) is 1. The summed E-state index contributed by atoms with van der Waals surface area (Å²) in [4.78, 5) is 0.107. The standard InChI is InChI=1S/C24H30BrNO2S/c1-8-10-23(29(27,28)20-13-11-19(25)12-14-20)24(26)21(9-2)22(17(5)6)15-18(7)16(3)4/h1,10-14,18H,3,9,15,26H2,2,4-7H3/b23-10+,24-21-. The molecule has 29 heavy (non-hydrogen) atoms. The highest BCUT2D eigenvalue weighted by molar-refractivity contribution is 9.10. The second-order valence-electron chi connectivity index (χ2n) is 7.31. The van der Waals surface area contributed by atoms with E-state index < -0.39 is 9.84 Å². The maximum atomic E-state index is 13.3. The van der Waals surface area contributed by atoms with Gasteiger partial charge in [0, 0.05) is 10.5 Å². The fourth-order valence-electron chi connectivity index (χ4n) is 2.94. The first-order valence-corrected chi connectivity index (χ1v) is 11.7. The van der Waals surface area contributed by atoms with Gasteiger partial charge in [0.05, 0.1) is 10.6 Å². The second kappa shape index (κ2) is 10.7. The van der Waals surface area contributed by atoms with Crippen molar-refractivity contribution in [1.82, 2.24) is 0 Å². The summed E-state index contributed by atoms with van der Waals surface area (Å²) in [7, 11) is -3.86. The molecule has 0 radical (unpaired) electrons. The van der Waals surface area contributed by atoms with E-state index in [-0.39, 0.29) is 21.4 Å². The van der Waals surface area contributed by atoms with Crippen LogP contribution in [-0.2, 0) is 9.84 Å². The van der Waals surface area contributed by atoms with Gasteiger partial charge in [-0.15, -0.1) is 6.42 Å². The molecule has 0 aliphatic carbocycles. The summed E-state index contributed by atoms with van der Waals surface area (Å²) in [5.74, 6) is 2.59. The lowest BCUT2D eigenvalue weighted by atomic mass is 9.87. The summed E-state index contributed by atoms with van der Waals surface area (Å²) >= 11 is 3.32. The number of hydrogen-bond donors (Lipinski definition) is 1. The summed E-state index contributed by atoms with van der Waals surface area (Å²) < 4.78 is 27.4. The molecule has 0 spiro atoms. The van der Waals surface area contributed by atoms with Gasteiger partial charge in [0.15, 0.2) is 0 Å². The molecule has 5 heteroatoms. The topological polar surface area (TPSA) is 60.2 Å². The van der Waals surface area contributed by atoms with E-state index in [2.05, 4.69) is 35.4 Å². The van der Waals surface area contributed by atoms with Gasteiger partial charge in [0.1, 0.15) is 4.91 Å². The van der Waals surface area contributed by atoms with Crippen LogP contribution in [0.4, 0.5) is 0 Å². The normalized spacial score (nSPS) is 13.9. The van der Waals surface area contributed by atoms with Crippen LogP contribution in [0.2, 0.25) is 0 Å². The van der Waals surface area contributed by atoms with E-state index >= 15 is 0 Å². The number of benzene rings is 1. The van der Waals surface area contributed by atoms with Gasteiger partial charge in [-0.3, -0.25) is 0 Å². The van der Waals surface area contributed by atoms with Gasteiger partial charge in [0.2, 0.25) is 9.84 Å². The van der Waals surface area contributed by atoms with Crippen LogP contribution >= 0.6 is 15.9 Å². The first-order valence-electron chi connectivity index (χ1n) is 9.45. The highest BCUT2D eigenvalue weighted by atomic mass is 79.9. The van der Waals surface area contributed by atoms with E-state index in [9.17, 15) is 8.42 Å². The molecule has 1 rings (SSSR count). The minimum Gasteiger partial charge on any atom is -0.397 e. The van der Waals surface area contributed by atoms with E-state index in [0.717, 1.165) is 33.2 Å².